The summed E-state index contributed by atoms with van der Waals surface area (Å²) < 4.78 is 26.5. The second kappa shape index (κ2) is 5.00. The van der Waals surface area contributed by atoms with Gasteiger partial charge in [-0.3, -0.25) is 0 Å². The van der Waals surface area contributed by atoms with Crippen molar-refractivity contribution >= 4 is 37.1 Å². The zero-order chi connectivity index (χ0) is 14.3. The van der Waals surface area contributed by atoms with Crippen molar-refractivity contribution in [2.75, 3.05) is 5.73 Å². The number of anilines is 1. The highest BCUT2D eigenvalue weighted by Crippen LogP contribution is 2.35. The molecule has 1 heterocycles. The van der Waals surface area contributed by atoms with Gasteiger partial charge in [0.1, 0.15) is 0 Å². The molecule has 0 spiro atoms. The molecule has 1 aromatic carbocycles. The summed E-state index contributed by atoms with van der Waals surface area (Å²) in [4.78, 5) is 4.30. The fourth-order valence-electron chi connectivity index (χ4n) is 2.84. The fraction of sp³-hybridized carbons (Fsp3) is 0.500. The zero-order valence-electron chi connectivity index (χ0n) is 11.4. The molecule has 1 aromatic heterocycles. The Morgan fingerprint density at radius 2 is 2.15 bits per heavy atom. The van der Waals surface area contributed by atoms with Crippen molar-refractivity contribution in [2.45, 2.75) is 42.2 Å². The van der Waals surface area contributed by atoms with Gasteiger partial charge >= 0.3 is 0 Å². The van der Waals surface area contributed by atoms with E-state index in [2.05, 4.69) is 11.9 Å². The van der Waals surface area contributed by atoms with Crippen LogP contribution < -0.4 is 5.73 Å². The van der Waals surface area contributed by atoms with Gasteiger partial charge in [0.25, 0.3) is 0 Å². The molecule has 2 N–H and O–H groups in total. The van der Waals surface area contributed by atoms with E-state index in [9.17, 15) is 8.42 Å². The van der Waals surface area contributed by atoms with E-state index in [1.807, 2.05) is 0 Å². The number of sulfone groups is 1. The average molecular weight is 310 g/mol. The first-order chi connectivity index (χ1) is 9.46. The van der Waals surface area contributed by atoms with Crippen molar-refractivity contribution < 1.29 is 8.42 Å². The lowest BCUT2D eigenvalue weighted by molar-refractivity contribution is 0.382. The molecule has 0 aliphatic heterocycles. The maximum Gasteiger partial charge on any atom is 0.210 e. The van der Waals surface area contributed by atoms with Crippen LogP contribution in [0.25, 0.3) is 10.2 Å². The van der Waals surface area contributed by atoms with Gasteiger partial charge in [-0.25, -0.2) is 13.4 Å². The first-order valence-electron chi connectivity index (χ1n) is 6.87. The second-order valence-corrected chi connectivity index (χ2v) is 9.08. The van der Waals surface area contributed by atoms with Crippen molar-refractivity contribution in [3.63, 3.8) is 0 Å². The van der Waals surface area contributed by atoms with Gasteiger partial charge in [-0.1, -0.05) is 19.8 Å². The monoisotopic (exact) mass is 310 g/mol. The molecule has 4 nitrogen and oxygen atoms in total. The molecule has 1 fully saturated rings. The molecule has 6 heteroatoms. The van der Waals surface area contributed by atoms with Crippen molar-refractivity contribution in [3.05, 3.63) is 18.2 Å². The normalized spacial score (nSPS) is 24.1. The molecule has 2 unspecified atom stereocenters. The number of nitrogen functional groups attached to an aromatic ring is 1. The Kier molecular flexibility index (Phi) is 3.46. The van der Waals surface area contributed by atoms with Crippen LogP contribution >= 0.6 is 11.3 Å². The standard InChI is InChI=1S/C14H18N2O2S2/c1-9-3-2-4-11(7-9)20(17,18)14-16-12-6-5-10(15)8-13(12)19-14/h5-6,8-9,11H,2-4,7,15H2,1H3. The van der Waals surface area contributed by atoms with E-state index in [1.165, 1.54) is 11.3 Å². The molecule has 0 radical (unpaired) electrons. The number of nitrogens with two attached hydrogens (primary N) is 1. The van der Waals surface area contributed by atoms with E-state index in [1.54, 1.807) is 18.2 Å². The third-order valence-electron chi connectivity index (χ3n) is 3.96. The van der Waals surface area contributed by atoms with E-state index >= 15 is 0 Å². The average Bonchev–Trinajstić information content (AvgIpc) is 2.82. The maximum absolute atomic E-state index is 12.7. The smallest absolute Gasteiger partial charge is 0.210 e. The minimum Gasteiger partial charge on any atom is -0.399 e. The summed E-state index contributed by atoms with van der Waals surface area (Å²) in [6.07, 6.45) is 3.62. The molecule has 0 saturated heterocycles. The number of thiazole rings is 1. The molecule has 1 aliphatic carbocycles. The van der Waals surface area contributed by atoms with Crippen LogP contribution in [0.5, 0.6) is 0 Å². The molecule has 0 amide bonds. The van der Waals surface area contributed by atoms with Gasteiger partial charge in [-0.2, -0.15) is 0 Å². The second-order valence-electron chi connectivity index (χ2n) is 5.65. The first kappa shape index (κ1) is 13.8. The summed E-state index contributed by atoms with van der Waals surface area (Å²) in [5, 5.41) is -0.274. The van der Waals surface area contributed by atoms with Gasteiger partial charge < -0.3 is 5.73 Å². The fourth-order valence-corrected chi connectivity index (χ4v) is 6.30. The third kappa shape index (κ3) is 2.42. The molecule has 20 heavy (non-hydrogen) atoms. The van der Waals surface area contributed by atoms with Gasteiger partial charge in [0.15, 0.2) is 0 Å². The number of nitrogens with zero attached hydrogens (tertiary/aromatic N) is 1. The Bertz CT molecular complexity index is 737. The number of aromatic nitrogens is 1. The Hall–Kier alpha value is -1.14. The number of hydrogen-bond acceptors (Lipinski definition) is 5. The SMILES string of the molecule is CC1CCCC(S(=O)(=O)c2nc3ccc(N)cc3s2)C1. The summed E-state index contributed by atoms with van der Waals surface area (Å²) in [6.45, 7) is 2.13. The zero-order valence-corrected chi connectivity index (χ0v) is 13.0. The van der Waals surface area contributed by atoms with Crippen molar-refractivity contribution in [1.29, 1.82) is 0 Å². The number of hydrogen-bond donors (Lipinski definition) is 1. The van der Waals surface area contributed by atoms with E-state index < -0.39 is 9.84 Å². The molecule has 0 bridgehead atoms. The van der Waals surface area contributed by atoms with Crippen LogP contribution in [-0.4, -0.2) is 18.7 Å². The summed E-state index contributed by atoms with van der Waals surface area (Å²) >= 11 is 1.23. The molecule has 2 atom stereocenters. The maximum atomic E-state index is 12.7. The number of rotatable bonds is 2. The van der Waals surface area contributed by atoms with Gasteiger partial charge in [-0.15, -0.1) is 11.3 Å². The highest BCUT2D eigenvalue weighted by molar-refractivity contribution is 7.94. The van der Waals surface area contributed by atoms with Crippen molar-refractivity contribution in [1.82, 2.24) is 4.98 Å². The quantitative estimate of drug-likeness (QED) is 0.864. The lowest BCUT2D eigenvalue weighted by Gasteiger charge is -2.25. The van der Waals surface area contributed by atoms with Gasteiger partial charge in [0.2, 0.25) is 14.2 Å². The minimum absolute atomic E-state index is 0.247. The minimum atomic E-state index is -3.30. The van der Waals surface area contributed by atoms with Crippen LogP contribution in [0, 0.1) is 5.92 Å². The van der Waals surface area contributed by atoms with E-state index in [-0.39, 0.29) is 9.59 Å². The Balaban J connectivity index is 2.00. The van der Waals surface area contributed by atoms with Crippen LogP contribution in [0.1, 0.15) is 32.6 Å². The Morgan fingerprint density at radius 1 is 1.35 bits per heavy atom. The largest absolute Gasteiger partial charge is 0.399 e. The molecule has 108 valence electrons. The van der Waals surface area contributed by atoms with E-state index in [4.69, 9.17) is 5.73 Å². The highest BCUT2D eigenvalue weighted by atomic mass is 32.2. The molecular formula is C14H18N2O2S2. The predicted molar refractivity (Wildman–Crippen MR) is 82.6 cm³/mol. The Labute approximate surface area is 122 Å². The van der Waals surface area contributed by atoms with E-state index in [0.717, 1.165) is 30.4 Å². The van der Waals surface area contributed by atoms with Crippen LogP contribution in [-0.2, 0) is 9.84 Å². The Morgan fingerprint density at radius 3 is 2.90 bits per heavy atom. The molecular weight excluding hydrogens is 292 g/mol. The molecule has 2 aromatic rings. The topological polar surface area (TPSA) is 73.0 Å². The van der Waals surface area contributed by atoms with E-state index in [0.29, 0.717) is 17.1 Å². The lowest BCUT2D eigenvalue weighted by atomic mass is 9.91. The van der Waals surface area contributed by atoms with Gasteiger partial charge in [0.05, 0.1) is 15.5 Å². The highest BCUT2D eigenvalue weighted by Gasteiger charge is 2.33. The van der Waals surface area contributed by atoms with Crippen LogP contribution in [0.2, 0.25) is 0 Å². The molecule has 1 saturated carbocycles. The number of benzene rings is 1. The summed E-state index contributed by atoms with van der Waals surface area (Å²) in [6, 6.07) is 5.32. The van der Waals surface area contributed by atoms with Crippen LogP contribution in [0.4, 0.5) is 5.69 Å². The molecule has 3 rings (SSSR count). The van der Waals surface area contributed by atoms with Gasteiger partial charge in [0, 0.05) is 5.69 Å². The third-order valence-corrected chi connectivity index (χ3v) is 7.61. The van der Waals surface area contributed by atoms with Crippen LogP contribution in [0.15, 0.2) is 22.5 Å². The number of fused-ring (bicyclic) bond motifs is 1. The summed E-state index contributed by atoms with van der Waals surface area (Å²) in [5.41, 5.74) is 7.08. The predicted octanol–water partition coefficient (Wildman–Crippen LogP) is 3.23. The first-order valence-corrected chi connectivity index (χ1v) is 9.23. The summed E-state index contributed by atoms with van der Waals surface area (Å²) in [7, 11) is -3.30. The molecule has 1 aliphatic rings. The van der Waals surface area contributed by atoms with Crippen molar-refractivity contribution in [2.24, 2.45) is 5.92 Å². The summed E-state index contributed by atoms with van der Waals surface area (Å²) in [5.74, 6) is 0.480. The van der Waals surface area contributed by atoms with Gasteiger partial charge in [-0.05, 0) is 37.0 Å². The van der Waals surface area contributed by atoms with Crippen LogP contribution in [0.3, 0.4) is 0 Å². The van der Waals surface area contributed by atoms with Crippen molar-refractivity contribution in [3.8, 4) is 0 Å². The lowest BCUT2D eigenvalue weighted by Crippen LogP contribution is -2.27.